The molecule has 3 rings (SSSR count). The standard InChI is InChI=1S/C19H21ClFNO3S/c1-2-25-12-19(11-22)17(13-3-7-15(21)8-4-13)18(19)26(23,24)16-9-5-14(20)6-10-16/h3-10,17-18H,2,11-12,22H2,1H3/t17-,18+,19+/m1/s1. The SMILES string of the molecule is CCOC[C@@]1(CN)[C@H](c2ccc(F)cc2)[C@@H]1S(=O)(=O)c1ccc(Cl)cc1. The Morgan fingerprint density at radius 3 is 2.31 bits per heavy atom. The molecule has 2 aromatic carbocycles. The van der Waals surface area contributed by atoms with Gasteiger partial charge in [-0.3, -0.25) is 0 Å². The highest BCUT2D eigenvalue weighted by atomic mass is 35.5. The maximum Gasteiger partial charge on any atom is 0.182 e. The lowest BCUT2D eigenvalue weighted by atomic mass is 10.00. The van der Waals surface area contributed by atoms with Crippen molar-refractivity contribution in [1.29, 1.82) is 0 Å². The van der Waals surface area contributed by atoms with Crippen molar-refractivity contribution in [2.45, 2.75) is 23.0 Å². The molecular formula is C19H21ClFNO3S. The highest BCUT2D eigenvalue weighted by molar-refractivity contribution is 7.92. The molecule has 0 bridgehead atoms. The Bertz CT molecular complexity index is 871. The van der Waals surface area contributed by atoms with Gasteiger partial charge in [-0.25, -0.2) is 12.8 Å². The zero-order chi connectivity index (χ0) is 18.9. The number of hydrogen-bond donors (Lipinski definition) is 1. The Morgan fingerprint density at radius 2 is 1.77 bits per heavy atom. The van der Waals surface area contributed by atoms with E-state index in [-0.39, 0.29) is 29.8 Å². The Kier molecular flexibility index (Phi) is 5.40. The second-order valence-electron chi connectivity index (χ2n) is 6.52. The highest BCUT2D eigenvalue weighted by Gasteiger charge is 2.70. The van der Waals surface area contributed by atoms with E-state index in [0.717, 1.165) is 5.56 Å². The van der Waals surface area contributed by atoms with Crippen molar-refractivity contribution in [2.75, 3.05) is 19.8 Å². The van der Waals surface area contributed by atoms with Crippen LogP contribution in [-0.2, 0) is 14.6 Å². The van der Waals surface area contributed by atoms with Gasteiger partial charge in [0.05, 0.1) is 16.8 Å². The van der Waals surface area contributed by atoms with E-state index in [1.807, 2.05) is 6.92 Å². The number of benzene rings is 2. The summed E-state index contributed by atoms with van der Waals surface area (Å²) in [5.74, 6) is -0.713. The zero-order valence-corrected chi connectivity index (χ0v) is 15.9. The molecule has 0 unspecified atom stereocenters. The second-order valence-corrected chi connectivity index (χ2v) is 9.03. The van der Waals surface area contributed by atoms with Crippen LogP contribution >= 0.6 is 11.6 Å². The lowest BCUT2D eigenvalue weighted by molar-refractivity contribution is 0.101. The van der Waals surface area contributed by atoms with Crippen LogP contribution in [0, 0.1) is 11.2 Å². The first-order valence-corrected chi connectivity index (χ1v) is 10.3. The van der Waals surface area contributed by atoms with Crippen molar-refractivity contribution >= 4 is 21.4 Å². The topological polar surface area (TPSA) is 69.4 Å². The third kappa shape index (κ3) is 3.27. The van der Waals surface area contributed by atoms with Gasteiger partial charge >= 0.3 is 0 Å². The van der Waals surface area contributed by atoms with Gasteiger partial charge in [-0.15, -0.1) is 0 Å². The molecule has 140 valence electrons. The molecule has 3 atom stereocenters. The van der Waals surface area contributed by atoms with Crippen LogP contribution in [-0.4, -0.2) is 33.4 Å². The van der Waals surface area contributed by atoms with Crippen molar-refractivity contribution < 1.29 is 17.5 Å². The molecule has 26 heavy (non-hydrogen) atoms. The van der Waals surface area contributed by atoms with Crippen LogP contribution in [0.15, 0.2) is 53.4 Å². The van der Waals surface area contributed by atoms with E-state index in [0.29, 0.717) is 11.6 Å². The van der Waals surface area contributed by atoms with Gasteiger partial charge in [0.1, 0.15) is 5.82 Å². The summed E-state index contributed by atoms with van der Waals surface area (Å²) in [6, 6.07) is 12.0. The van der Waals surface area contributed by atoms with E-state index in [4.69, 9.17) is 22.1 Å². The molecule has 2 aromatic rings. The average Bonchev–Trinajstić information content (AvgIpc) is 3.31. The highest BCUT2D eigenvalue weighted by Crippen LogP contribution is 2.63. The minimum Gasteiger partial charge on any atom is -0.381 e. The van der Waals surface area contributed by atoms with E-state index in [9.17, 15) is 12.8 Å². The van der Waals surface area contributed by atoms with Gasteiger partial charge in [0.25, 0.3) is 0 Å². The van der Waals surface area contributed by atoms with Crippen molar-refractivity contribution in [3.63, 3.8) is 0 Å². The maximum absolute atomic E-state index is 13.3. The molecular weight excluding hydrogens is 377 g/mol. The minimum absolute atomic E-state index is 0.159. The Morgan fingerprint density at radius 1 is 1.15 bits per heavy atom. The molecule has 0 amide bonds. The third-order valence-corrected chi connectivity index (χ3v) is 7.63. The summed E-state index contributed by atoms with van der Waals surface area (Å²) in [5.41, 5.74) is 6.04. The Labute approximate surface area is 158 Å². The summed E-state index contributed by atoms with van der Waals surface area (Å²) < 4.78 is 45.4. The van der Waals surface area contributed by atoms with Gasteiger partial charge in [0, 0.05) is 29.5 Å². The number of nitrogens with two attached hydrogens (primary N) is 1. The number of hydrogen-bond acceptors (Lipinski definition) is 4. The molecule has 7 heteroatoms. The fraction of sp³-hybridized carbons (Fsp3) is 0.368. The summed E-state index contributed by atoms with van der Waals surface area (Å²) in [7, 11) is -3.65. The molecule has 2 N–H and O–H groups in total. The molecule has 1 aliphatic rings. The summed E-state index contributed by atoms with van der Waals surface area (Å²) in [6.45, 7) is 2.71. The second kappa shape index (κ2) is 7.27. The molecule has 1 fully saturated rings. The lowest BCUT2D eigenvalue weighted by Crippen LogP contribution is -2.29. The first-order chi connectivity index (χ1) is 12.4. The number of sulfone groups is 1. The van der Waals surface area contributed by atoms with Gasteiger partial charge < -0.3 is 10.5 Å². The maximum atomic E-state index is 13.3. The number of ether oxygens (including phenoxy) is 1. The van der Waals surface area contributed by atoms with Crippen molar-refractivity contribution in [3.05, 3.63) is 64.9 Å². The zero-order valence-electron chi connectivity index (χ0n) is 14.4. The number of halogens is 2. The van der Waals surface area contributed by atoms with Crippen LogP contribution in [0.4, 0.5) is 4.39 Å². The van der Waals surface area contributed by atoms with Gasteiger partial charge in [-0.1, -0.05) is 23.7 Å². The molecule has 1 aliphatic carbocycles. The van der Waals surface area contributed by atoms with Crippen LogP contribution in [0.5, 0.6) is 0 Å². The van der Waals surface area contributed by atoms with Crippen LogP contribution in [0.25, 0.3) is 0 Å². The lowest BCUT2D eigenvalue weighted by Gasteiger charge is -2.16. The summed E-state index contributed by atoms with van der Waals surface area (Å²) >= 11 is 5.88. The van der Waals surface area contributed by atoms with Crippen LogP contribution in [0.3, 0.4) is 0 Å². The van der Waals surface area contributed by atoms with Crippen LogP contribution in [0.1, 0.15) is 18.4 Å². The Hall–Kier alpha value is -1.47. The van der Waals surface area contributed by atoms with Crippen molar-refractivity contribution in [1.82, 2.24) is 0 Å². The predicted octanol–water partition coefficient (Wildman–Crippen LogP) is 3.40. The van der Waals surface area contributed by atoms with Gasteiger partial charge in [-0.05, 0) is 48.9 Å². The minimum atomic E-state index is -3.65. The molecule has 0 aliphatic heterocycles. The monoisotopic (exact) mass is 397 g/mol. The first-order valence-electron chi connectivity index (χ1n) is 8.39. The molecule has 0 spiro atoms. The van der Waals surface area contributed by atoms with Crippen LogP contribution in [0.2, 0.25) is 5.02 Å². The summed E-state index contributed by atoms with van der Waals surface area (Å²) in [5, 5.41) is -0.257. The van der Waals surface area contributed by atoms with Crippen molar-refractivity contribution in [3.8, 4) is 0 Å². The van der Waals surface area contributed by atoms with E-state index >= 15 is 0 Å². The van der Waals surface area contributed by atoms with Crippen LogP contribution < -0.4 is 5.73 Å². The van der Waals surface area contributed by atoms with E-state index in [2.05, 4.69) is 0 Å². The molecule has 0 saturated heterocycles. The molecule has 4 nitrogen and oxygen atoms in total. The van der Waals surface area contributed by atoms with Gasteiger partial charge in [0.2, 0.25) is 0 Å². The largest absolute Gasteiger partial charge is 0.381 e. The normalized spacial score (nSPS) is 25.2. The third-order valence-electron chi connectivity index (χ3n) is 5.04. The quantitative estimate of drug-likeness (QED) is 0.777. The number of rotatable bonds is 7. The van der Waals surface area contributed by atoms with Gasteiger partial charge in [0.15, 0.2) is 9.84 Å². The molecule has 0 aromatic heterocycles. The smallest absolute Gasteiger partial charge is 0.182 e. The van der Waals surface area contributed by atoms with E-state index in [1.54, 1.807) is 24.3 Å². The summed E-state index contributed by atoms with van der Waals surface area (Å²) in [6.07, 6.45) is 0. The first kappa shape index (κ1) is 19.3. The molecule has 1 saturated carbocycles. The average molecular weight is 398 g/mol. The molecule has 0 radical (unpaired) electrons. The van der Waals surface area contributed by atoms with Crippen molar-refractivity contribution in [2.24, 2.45) is 11.1 Å². The molecule has 0 heterocycles. The fourth-order valence-corrected chi connectivity index (χ4v) is 6.23. The van der Waals surface area contributed by atoms with E-state index in [1.165, 1.54) is 24.3 Å². The predicted molar refractivity (Wildman–Crippen MR) is 99.5 cm³/mol. The van der Waals surface area contributed by atoms with E-state index < -0.39 is 20.5 Å². The fourth-order valence-electron chi connectivity index (χ4n) is 3.66. The summed E-state index contributed by atoms with van der Waals surface area (Å²) in [4.78, 5) is 0.200. The van der Waals surface area contributed by atoms with Gasteiger partial charge in [-0.2, -0.15) is 0 Å². The Balaban J connectivity index is 2.03.